The molecule has 0 radical (unpaired) electrons. The normalized spacial score (nSPS) is 13.6. The minimum atomic E-state index is -3.74. The highest BCUT2D eigenvalue weighted by Gasteiger charge is 2.32. The smallest absolute Gasteiger partial charge is 0.235 e. The Kier molecular flexibility index (Phi) is 4.72. The third kappa shape index (κ3) is 3.13. The molecule has 1 heterocycles. The molecule has 21 heavy (non-hydrogen) atoms. The van der Waals surface area contributed by atoms with Crippen LogP contribution in [0.1, 0.15) is 18.5 Å². The second kappa shape index (κ2) is 6.04. The summed E-state index contributed by atoms with van der Waals surface area (Å²) in [6.07, 6.45) is 0. The molecule has 0 aliphatic carbocycles. The van der Waals surface area contributed by atoms with Gasteiger partial charge in [-0.3, -0.25) is 0 Å². The van der Waals surface area contributed by atoms with Gasteiger partial charge in [0.25, 0.3) is 10.0 Å². The van der Waals surface area contributed by atoms with Gasteiger partial charge in [0.05, 0.1) is 0 Å². The molecule has 1 unspecified atom stereocenters. The zero-order chi connectivity index (χ0) is 15.8. The van der Waals surface area contributed by atoms with Crippen molar-refractivity contribution < 1.29 is 8.42 Å². The van der Waals surface area contributed by atoms with Gasteiger partial charge in [-0.05, 0) is 40.5 Å². The Hall–Kier alpha value is -0.960. The van der Waals surface area contributed by atoms with Crippen LogP contribution in [0, 0.1) is 0 Å². The number of sulfonamides is 1. The van der Waals surface area contributed by atoms with Gasteiger partial charge < -0.3 is 0 Å². The van der Waals surface area contributed by atoms with Crippen molar-refractivity contribution in [1.82, 2.24) is 19.3 Å². The summed E-state index contributed by atoms with van der Waals surface area (Å²) >= 11 is 9.08. The molecule has 0 saturated heterocycles. The predicted molar refractivity (Wildman–Crippen MR) is 83.5 cm³/mol. The van der Waals surface area contributed by atoms with Crippen LogP contribution >= 0.6 is 27.5 Å². The summed E-state index contributed by atoms with van der Waals surface area (Å²) in [4.78, 5) is 0. The molecule has 0 amide bonds. The molecule has 0 spiro atoms. The zero-order valence-corrected chi connectivity index (χ0v) is 14.8. The molecule has 1 aromatic carbocycles. The van der Waals surface area contributed by atoms with Crippen molar-refractivity contribution >= 4 is 37.6 Å². The van der Waals surface area contributed by atoms with Gasteiger partial charge in [-0.25, -0.2) is 13.1 Å². The second-order valence-corrected chi connectivity index (χ2v) is 7.66. The maximum atomic E-state index is 12.7. The number of aryl methyl sites for hydroxylation is 1. The molecule has 0 aliphatic heterocycles. The van der Waals surface area contributed by atoms with Crippen LogP contribution in [0.2, 0.25) is 5.02 Å². The maximum Gasteiger partial charge on any atom is 0.263 e. The van der Waals surface area contributed by atoms with Gasteiger partial charge in [0.1, 0.15) is 0 Å². The van der Waals surface area contributed by atoms with Gasteiger partial charge >= 0.3 is 0 Å². The predicted octanol–water partition coefficient (Wildman–Crippen LogP) is 2.61. The maximum absolute atomic E-state index is 12.7. The van der Waals surface area contributed by atoms with Crippen LogP contribution in [0.15, 0.2) is 33.9 Å². The lowest BCUT2D eigenvalue weighted by Gasteiger charge is -2.24. The van der Waals surface area contributed by atoms with Crippen molar-refractivity contribution in [3.8, 4) is 0 Å². The number of aromatic nitrogens is 3. The Labute approximate surface area is 136 Å². The second-order valence-electron chi connectivity index (χ2n) is 4.56. The van der Waals surface area contributed by atoms with Crippen molar-refractivity contribution in [2.45, 2.75) is 18.0 Å². The van der Waals surface area contributed by atoms with Crippen LogP contribution in [0.3, 0.4) is 0 Å². The van der Waals surface area contributed by atoms with E-state index in [1.54, 1.807) is 25.1 Å². The molecule has 2 aromatic rings. The molecule has 2 rings (SSSR count). The highest BCUT2D eigenvalue weighted by atomic mass is 79.9. The lowest BCUT2D eigenvalue weighted by Crippen LogP contribution is -2.31. The molecule has 0 fully saturated rings. The number of nitrogens with zero attached hydrogens (tertiary/aromatic N) is 4. The van der Waals surface area contributed by atoms with Crippen LogP contribution in [-0.4, -0.2) is 34.8 Å². The van der Waals surface area contributed by atoms with Crippen LogP contribution in [0.5, 0.6) is 0 Å². The fourth-order valence-corrected chi connectivity index (χ4v) is 4.49. The molecule has 0 bridgehead atoms. The quantitative estimate of drug-likeness (QED) is 0.801. The summed E-state index contributed by atoms with van der Waals surface area (Å²) in [6.45, 7) is 1.79. The number of rotatable bonds is 4. The Morgan fingerprint density at radius 3 is 2.62 bits per heavy atom. The Balaban J connectivity index is 2.41. The van der Waals surface area contributed by atoms with Gasteiger partial charge in [0.15, 0.2) is 4.60 Å². The fourth-order valence-electron chi connectivity index (χ4n) is 1.92. The Morgan fingerprint density at radius 2 is 2.10 bits per heavy atom. The Bertz CT molecular complexity index is 743. The first kappa shape index (κ1) is 16.4. The van der Waals surface area contributed by atoms with Crippen LogP contribution in [0.4, 0.5) is 0 Å². The van der Waals surface area contributed by atoms with E-state index in [0.717, 1.165) is 5.56 Å². The first-order chi connectivity index (χ1) is 9.75. The monoisotopic (exact) mass is 392 g/mol. The van der Waals surface area contributed by atoms with E-state index >= 15 is 0 Å². The average Bonchev–Trinajstić information content (AvgIpc) is 2.77. The van der Waals surface area contributed by atoms with Gasteiger partial charge in [-0.2, -0.15) is 4.31 Å². The molecule has 0 N–H and O–H groups in total. The van der Waals surface area contributed by atoms with Crippen LogP contribution < -0.4 is 0 Å². The van der Waals surface area contributed by atoms with E-state index in [1.165, 1.54) is 23.1 Å². The van der Waals surface area contributed by atoms with Crippen molar-refractivity contribution in [2.24, 2.45) is 7.05 Å². The summed E-state index contributed by atoms with van der Waals surface area (Å²) in [5, 5.41) is 7.99. The SMILES string of the molecule is CC(c1cccc(Cl)c1)N(C)S(=O)(=O)c1c(Br)nnn1C. The first-order valence-electron chi connectivity index (χ1n) is 6.04. The summed E-state index contributed by atoms with van der Waals surface area (Å²) in [7, 11) is -0.691. The zero-order valence-electron chi connectivity index (χ0n) is 11.7. The van der Waals surface area contributed by atoms with E-state index in [-0.39, 0.29) is 15.7 Å². The number of benzene rings is 1. The molecular weight excluding hydrogens is 380 g/mol. The highest BCUT2D eigenvalue weighted by Crippen LogP contribution is 2.29. The minimum Gasteiger partial charge on any atom is -0.235 e. The van der Waals surface area contributed by atoms with E-state index in [0.29, 0.717) is 5.02 Å². The van der Waals surface area contributed by atoms with E-state index in [4.69, 9.17) is 11.6 Å². The summed E-state index contributed by atoms with van der Waals surface area (Å²) in [5.74, 6) is 0. The highest BCUT2D eigenvalue weighted by molar-refractivity contribution is 9.10. The third-order valence-corrected chi connectivity index (χ3v) is 6.29. The van der Waals surface area contributed by atoms with Crippen molar-refractivity contribution in [3.63, 3.8) is 0 Å². The first-order valence-corrected chi connectivity index (χ1v) is 8.65. The molecule has 114 valence electrons. The fraction of sp³-hybridized carbons (Fsp3) is 0.333. The molecule has 1 atom stereocenters. The van der Waals surface area contributed by atoms with E-state index in [9.17, 15) is 8.42 Å². The van der Waals surface area contributed by atoms with Gasteiger partial charge in [-0.15, -0.1) is 5.10 Å². The number of hydrogen-bond donors (Lipinski definition) is 0. The molecular formula is C12H14BrClN4O2S. The van der Waals surface area contributed by atoms with Crippen molar-refractivity contribution in [2.75, 3.05) is 7.05 Å². The van der Waals surface area contributed by atoms with Gasteiger partial charge in [0, 0.05) is 25.2 Å². The summed E-state index contributed by atoms with van der Waals surface area (Å²) in [6, 6.07) is 6.73. The molecule has 0 aliphatic rings. The Morgan fingerprint density at radius 1 is 1.43 bits per heavy atom. The van der Waals surface area contributed by atoms with Crippen molar-refractivity contribution in [1.29, 1.82) is 0 Å². The molecule has 0 saturated carbocycles. The third-order valence-electron chi connectivity index (χ3n) is 3.24. The van der Waals surface area contributed by atoms with Crippen molar-refractivity contribution in [3.05, 3.63) is 39.5 Å². The number of hydrogen-bond acceptors (Lipinski definition) is 4. The molecule has 6 nitrogen and oxygen atoms in total. The van der Waals surface area contributed by atoms with E-state index < -0.39 is 10.0 Å². The van der Waals surface area contributed by atoms with Crippen LogP contribution in [-0.2, 0) is 17.1 Å². The topological polar surface area (TPSA) is 68.1 Å². The van der Waals surface area contributed by atoms with Crippen LogP contribution in [0.25, 0.3) is 0 Å². The average molecular weight is 394 g/mol. The molecule has 9 heteroatoms. The minimum absolute atomic E-state index is 0.0129. The summed E-state index contributed by atoms with van der Waals surface area (Å²) < 4.78 is 28.1. The van der Waals surface area contributed by atoms with E-state index in [2.05, 4.69) is 26.2 Å². The van der Waals surface area contributed by atoms with E-state index in [1.807, 2.05) is 6.07 Å². The standard InChI is InChI=1S/C12H14BrClN4O2S/c1-8(9-5-4-6-10(14)7-9)18(3)21(19,20)12-11(13)15-16-17(12)2/h4-8H,1-3H3. The van der Waals surface area contributed by atoms with Gasteiger partial charge in [-0.1, -0.05) is 28.9 Å². The largest absolute Gasteiger partial charge is 0.263 e. The van der Waals surface area contributed by atoms with Gasteiger partial charge in [0.2, 0.25) is 5.03 Å². The summed E-state index contributed by atoms with van der Waals surface area (Å²) in [5.41, 5.74) is 0.805. The number of halogens is 2. The molecule has 1 aromatic heterocycles. The lowest BCUT2D eigenvalue weighted by molar-refractivity contribution is 0.393. The lowest BCUT2D eigenvalue weighted by atomic mass is 10.1.